The van der Waals surface area contributed by atoms with Crippen molar-refractivity contribution in [2.24, 2.45) is 0 Å². The molecule has 12 rings (SSSR count). The van der Waals surface area contributed by atoms with E-state index in [0.29, 0.717) is 0 Å². The third-order valence-electron chi connectivity index (χ3n) is 14.4. The van der Waals surface area contributed by atoms with E-state index in [4.69, 9.17) is 0 Å². The molecule has 4 heteroatoms. The maximum atomic E-state index is 2.61. The molecule has 0 spiro atoms. The number of anilines is 9. The second kappa shape index (κ2) is 16.2. The molecule has 0 fully saturated rings. The zero-order valence-electron chi connectivity index (χ0n) is 39.8. The van der Waals surface area contributed by atoms with Crippen LogP contribution in [0.3, 0.4) is 0 Å². The summed E-state index contributed by atoms with van der Waals surface area (Å²) in [5.74, 6) is 0. The first-order valence-corrected chi connectivity index (χ1v) is 24.2. The second-order valence-corrected chi connectivity index (χ2v) is 19.8. The van der Waals surface area contributed by atoms with E-state index < -0.39 is 0 Å². The summed E-state index contributed by atoms with van der Waals surface area (Å²) in [6, 6.07) is 77.6. The number of rotatable bonds is 7. The minimum Gasteiger partial charge on any atom is -0.311 e. The van der Waals surface area contributed by atoms with Gasteiger partial charge < -0.3 is 14.7 Å². The Kier molecular flexibility index (Phi) is 9.92. The van der Waals surface area contributed by atoms with Gasteiger partial charge in [0.25, 0.3) is 6.71 Å². The van der Waals surface area contributed by atoms with Crippen LogP contribution in [-0.2, 0) is 11.8 Å². The Morgan fingerprint density at radius 3 is 1.75 bits per heavy atom. The van der Waals surface area contributed by atoms with Crippen LogP contribution in [0.4, 0.5) is 51.2 Å². The van der Waals surface area contributed by atoms with Gasteiger partial charge in [0, 0.05) is 50.5 Å². The van der Waals surface area contributed by atoms with E-state index in [1.54, 1.807) is 0 Å². The highest BCUT2D eigenvalue weighted by atomic mass is 15.2. The number of hydrogen-bond acceptors (Lipinski definition) is 3. The van der Waals surface area contributed by atoms with Gasteiger partial charge in [0.2, 0.25) is 0 Å². The van der Waals surface area contributed by atoms with Gasteiger partial charge in [-0.05, 0) is 142 Å². The Balaban J connectivity index is 1.18. The van der Waals surface area contributed by atoms with Crippen LogP contribution >= 0.6 is 0 Å². The average molecular weight is 876 g/mol. The van der Waals surface area contributed by atoms with Gasteiger partial charge in [-0.2, -0.15) is 0 Å². The largest absolute Gasteiger partial charge is 0.311 e. The summed E-state index contributed by atoms with van der Waals surface area (Å²) < 4.78 is 0. The molecule has 0 bridgehead atoms. The van der Waals surface area contributed by atoms with Crippen molar-refractivity contribution in [1.29, 1.82) is 0 Å². The molecular formula is C64H54BN3. The van der Waals surface area contributed by atoms with Crippen molar-refractivity contribution in [3.8, 4) is 11.1 Å². The quantitative estimate of drug-likeness (QED) is 0.148. The van der Waals surface area contributed by atoms with Gasteiger partial charge in [-0.25, -0.2) is 0 Å². The molecule has 0 aliphatic carbocycles. The smallest absolute Gasteiger partial charge is 0.252 e. The SMILES string of the molecule is CCc1ccc(N2c3cc(N(c4cccc5ccccc45)c4cccc5ccccc45)ccc3B3c4cc(C)ccc4N(c4ccc(C(C)(C)C)cc4)c4cc(C)cc2c43)c(-c2ccccc2)c1. The van der Waals surface area contributed by atoms with Gasteiger partial charge in [0.05, 0.1) is 17.1 Å². The molecule has 2 heterocycles. The summed E-state index contributed by atoms with van der Waals surface area (Å²) in [4.78, 5) is 7.64. The average Bonchev–Trinajstić information content (AvgIpc) is 3.36. The minimum atomic E-state index is -0.0143. The Bertz CT molecular complexity index is 3500. The molecule has 2 aliphatic rings. The molecule has 0 saturated heterocycles. The van der Waals surface area contributed by atoms with Gasteiger partial charge in [-0.3, -0.25) is 0 Å². The van der Waals surface area contributed by atoms with Crippen LogP contribution in [0.1, 0.15) is 49.9 Å². The van der Waals surface area contributed by atoms with Crippen LogP contribution in [0.15, 0.2) is 206 Å². The number of aryl methyl sites for hydroxylation is 3. The van der Waals surface area contributed by atoms with Crippen LogP contribution < -0.4 is 31.1 Å². The van der Waals surface area contributed by atoms with E-state index in [2.05, 4.69) is 262 Å². The lowest BCUT2D eigenvalue weighted by Crippen LogP contribution is -2.61. The van der Waals surface area contributed by atoms with Gasteiger partial charge in [0.15, 0.2) is 0 Å². The third-order valence-corrected chi connectivity index (χ3v) is 14.4. The first-order chi connectivity index (χ1) is 33.1. The molecule has 10 aromatic carbocycles. The predicted molar refractivity (Wildman–Crippen MR) is 293 cm³/mol. The summed E-state index contributed by atoms with van der Waals surface area (Å²) in [6.07, 6.45) is 0.951. The fourth-order valence-electron chi connectivity index (χ4n) is 11.1. The van der Waals surface area contributed by atoms with Gasteiger partial charge in [-0.1, -0.05) is 173 Å². The summed E-state index contributed by atoms with van der Waals surface area (Å²) in [5, 5.41) is 4.83. The molecule has 0 atom stereocenters. The van der Waals surface area contributed by atoms with E-state index in [1.807, 2.05) is 0 Å². The van der Waals surface area contributed by atoms with Crippen molar-refractivity contribution in [3.05, 3.63) is 229 Å². The van der Waals surface area contributed by atoms with E-state index >= 15 is 0 Å². The molecule has 0 saturated carbocycles. The molecule has 10 aromatic rings. The molecule has 3 nitrogen and oxygen atoms in total. The van der Waals surface area contributed by atoms with E-state index in [9.17, 15) is 0 Å². The lowest BCUT2D eigenvalue weighted by atomic mass is 9.33. The molecule has 0 N–H and O–H groups in total. The molecule has 0 amide bonds. The Morgan fingerprint density at radius 1 is 0.471 bits per heavy atom. The number of hydrogen-bond donors (Lipinski definition) is 0. The monoisotopic (exact) mass is 875 g/mol. The van der Waals surface area contributed by atoms with Gasteiger partial charge in [0.1, 0.15) is 0 Å². The minimum absolute atomic E-state index is 0.0143. The first kappa shape index (κ1) is 41.6. The van der Waals surface area contributed by atoms with E-state index in [-0.39, 0.29) is 12.1 Å². The van der Waals surface area contributed by atoms with Gasteiger partial charge in [-0.15, -0.1) is 0 Å². The van der Waals surface area contributed by atoms with Crippen molar-refractivity contribution in [1.82, 2.24) is 0 Å². The summed E-state index contributed by atoms with van der Waals surface area (Å²) in [5.41, 5.74) is 22.1. The highest BCUT2D eigenvalue weighted by Crippen LogP contribution is 2.50. The van der Waals surface area contributed by atoms with Crippen molar-refractivity contribution in [3.63, 3.8) is 0 Å². The topological polar surface area (TPSA) is 9.72 Å². The van der Waals surface area contributed by atoms with Crippen LogP contribution in [-0.4, -0.2) is 6.71 Å². The Morgan fingerprint density at radius 2 is 1.09 bits per heavy atom. The third kappa shape index (κ3) is 6.81. The van der Waals surface area contributed by atoms with Gasteiger partial charge >= 0.3 is 0 Å². The fraction of sp³-hybridized carbons (Fsp3) is 0.125. The highest BCUT2D eigenvalue weighted by molar-refractivity contribution is 7.00. The molecule has 0 radical (unpaired) electrons. The summed E-state index contributed by atoms with van der Waals surface area (Å²) in [6.45, 7) is 13.6. The molecule has 68 heavy (non-hydrogen) atoms. The van der Waals surface area contributed by atoms with Crippen molar-refractivity contribution >= 4 is 95.8 Å². The van der Waals surface area contributed by atoms with Crippen LogP contribution in [0, 0.1) is 13.8 Å². The number of fused-ring (bicyclic) bond motifs is 6. The molecule has 2 aliphatic heterocycles. The van der Waals surface area contributed by atoms with Crippen molar-refractivity contribution < 1.29 is 0 Å². The maximum absolute atomic E-state index is 2.61. The molecular weight excluding hydrogens is 822 g/mol. The van der Waals surface area contributed by atoms with E-state index in [1.165, 1.54) is 99.8 Å². The standard InChI is InChI=1S/C64H54BN3/c1-7-44-28-36-58(53(40-44)47-17-9-8-10-18-47)68-60-41-50(67(56-25-15-21-45-19-11-13-23-51(45)56)57-26-16-22-46-20-12-14-24-52(46)57)33-34-54(60)65-55-37-42(2)27-35-59(55)66(61-38-43(3)39-62(68)63(61)65)49-31-29-48(30-32-49)64(4,5)6/h8-41H,7H2,1-6H3. The Labute approximate surface area is 401 Å². The normalized spacial score (nSPS) is 12.8. The van der Waals surface area contributed by atoms with Crippen molar-refractivity contribution in [2.45, 2.75) is 53.4 Å². The zero-order valence-corrected chi connectivity index (χ0v) is 39.8. The van der Waals surface area contributed by atoms with Crippen LogP contribution in [0.2, 0.25) is 0 Å². The number of benzene rings is 10. The van der Waals surface area contributed by atoms with Crippen molar-refractivity contribution in [2.75, 3.05) is 14.7 Å². The fourth-order valence-corrected chi connectivity index (χ4v) is 11.1. The maximum Gasteiger partial charge on any atom is 0.252 e. The highest BCUT2D eigenvalue weighted by Gasteiger charge is 2.44. The molecule has 0 aromatic heterocycles. The molecule has 328 valence electrons. The molecule has 0 unspecified atom stereocenters. The Hall–Kier alpha value is -7.82. The predicted octanol–water partition coefficient (Wildman–Crippen LogP) is 15.7. The first-order valence-electron chi connectivity index (χ1n) is 24.2. The summed E-state index contributed by atoms with van der Waals surface area (Å²) in [7, 11) is 0. The number of nitrogens with zero attached hydrogens (tertiary/aromatic N) is 3. The lowest BCUT2D eigenvalue weighted by molar-refractivity contribution is 0.590. The summed E-state index contributed by atoms with van der Waals surface area (Å²) >= 11 is 0. The van der Waals surface area contributed by atoms with Crippen LogP contribution in [0.25, 0.3) is 32.7 Å². The lowest BCUT2D eigenvalue weighted by Gasteiger charge is -2.45. The second-order valence-electron chi connectivity index (χ2n) is 19.8. The van der Waals surface area contributed by atoms with E-state index in [0.717, 1.165) is 29.2 Å². The zero-order chi connectivity index (χ0) is 46.3. The van der Waals surface area contributed by atoms with Crippen LogP contribution in [0.5, 0.6) is 0 Å².